The molecule has 1 aromatic heterocycles. The molecule has 14 heavy (non-hydrogen) atoms. The number of rotatable bonds is 2. The van der Waals surface area contributed by atoms with Crippen molar-refractivity contribution in [3.63, 3.8) is 0 Å². The Morgan fingerprint density at radius 1 is 1.57 bits per heavy atom. The number of esters is 1. The summed E-state index contributed by atoms with van der Waals surface area (Å²) in [6.07, 6.45) is 0. The number of carbonyl (C=O) groups is 1. The summed E-state index contributed by atoms with van der Waals surface area (Å²) in [4.78, 5) is 15.0. The van der Waals surface area contributed by atoms with Gasteiger partial charge in [0.25, 0.3) is 0 Å². The molecular weight excluding hydrogens is 208 g/mol. The highest BCUT2D eigenvalue weighted by Crippen LogP contribution is 2.26. The van der Waals surface area contributed by atoms with Crippen LogP contribution in [-0.4, -0.2) is 25.2 Å². The minimum Gasteiger partial charge on any atom is -0.479 e. The number of ether oxygens (including phenoxy) is 2. The third-order valence-electron chi connectivity index (χ3n) is 1.59. The van der Waals surface area contributed by atoms with Gasteiger partial charge in [0.15, 0.2) is 0 Å². The SMILES string of the molecule is COC(=O)c1cc(Cl)nc(OC)c1N. The number of nitrogens with zero attached hydrogens (tertiary/aromatic N) is 1. The van der Waals surface area contributed by atoms with Gasteiger partial charge in [-0.05, 0) is 6.07 Å². The second kappa shape index (κ2) is 4.15. The summed E-state index contributed by atoms with van der Waals surface area (Å²) in [5.41, 5.74) is 5.85. The van der Waals surface area contributed by atoms with Crippen molar-refractivity contribution in [3.8, 4) is 5.88 Å². The van der Waals surface area contributed by atoms with E-state index in [9.17, 15) is 4.79 Å². The first-order valence-corrected chi connectivity index (χ1v) is 4.06. The van der Waals surface area contributed by atoms with Crippen LogP contribution in [0.1, 0.15) is 10.4 Å². The van der Waals surface area contributed by atoms with E-state index in [2.05, 4.69) is 9.72 Å². The molecule has 0 fully saturated rings. The van der Waals surface area contributed by atoms with E-state index in [1.165, 1.54) is 20.3 Å². The van der Waals surface area contributed by atoms with Crippen molar-refractivity contribution in [2.75, 3.05) is 20.0 Å². The summed E-state index contributed by atoms with van der Waals surface area (Å²) in [6.45, 7) is 0. The van der Waals surface area contributed by atoms with Gasteiger partial charge < -0.3 is 15.2 Å². The molecule has 1 aromatic rings. The van der Waals surface area contributed by atoms with E-state index in [1.54, 1.807) is 0 Å². The number of pyridine rings is 1. The van der Waals surface area contributed by atoms with E-state index in [1.807, 2.05) is 0 Å². The molecule has 5 nitrogen and oxygen atoms in total. The Labute approximate surface area is 85.8 Å². The molecule has 0 aliphatic heterocycles. The molecule has 0 saturated carbocycles. The van der Waals surface area contributed by atoms with E-state index in [4.69, 9.17) is 22.1 Å². The van der Waals surface area contributed by atoms with Crippen LogP contribution in [0.2, 0.25) is 5.15 Å². The lowest BCUT2D eigenvalue weighted by molar-refractivity contribution is 0.0601. The van der Waals surface area contributed by atoms with E-state index >= 15 is 0 Å². The van der Waals surface area contributed by atoms with Gasteiger partial charge in [0.2, 0.25) is 5.88 Å². The molecule has 0 aliphatic rings. The van der Waals surface area contributed by atoms with Crippen LogP contribution in [0.4, 0.5) is 5.69 Å². The summed E-state index contributed by atoms with van der Waals surface area (Å²) >= 11 is 5.65. The molecule has 1 heterocycles. The van der Waals surface area contributed by atoms with Gasteiger partial charge in [-0.1, -0.05) is 11.6 Å². The van der Waals surface area contributed by atoms with Crippen LogP contribution >= 0.6 is 11.6 Å². The molecule has 0 spiro atoms. The Bertz CT molecular complexity index is 368. The molecular formula is C8H9ClN2O3. The first-order chi connectivity index (χ1) is 6.60. The monoisotopic (exact) mass is 216 g/mol. The lowest BCUT2D eigenvalue weighted by atomic mass is 10.2. The average Bonchev–Trinajstić information content (AvgIpc) is 2.19. The normalized spacial score (nSPS) is 9.64. The smallest absolute Gasteiger partial charge is 0.340 e. The zero-order chi connectivity index (χ0) is 10.7. The predicted molar refractivity (Wildman–Crippen MR) is 51.6 cm³/mol. The maximum Gasteiger partial charge on any atom is 0.340 e. The molecule has 6 heteroatoms. The predicted octanol–water partition coefficient (Wildman–Crippen LogP) is 1.11. The second-order valence-electron chi connectivity index (χ2n) is 2.41. The number of hydrogen-bond acceptors (Lipinski definition) is 5. The maximum atomic E-state index is 11.2. The standard InChI is InChI=1S/C8H9ClN2O3/c1-13-7-6(10)4(8(12)14-2)3-5(9)11-7/h3H,10H2,1-2H3. The van der Waals surface area contributed by atoms with Gasteiger partial charge in [0, 0.05) is 0 Å². The number of aromatic nitrogens is 1. The second-order valence-corrected chi connectivity index (χ2v) is 2.79. The quantitative estimate of drug-likeness (QED) is 0.592. The van der Waals surface area contributed by atoms with Crippen molar-refractivity contribution in [2.45, 2.75) is 0 Å². The van der Waals surface area contributed by atoms with Crippen LogP contribution in [-0.2, 0) is 4.74 Å². The van der Waals surface area contributed by atoms with Crippen LogP contribution in [0.15, 0.2) is 6.07 Å². The Hall–Kier alpha value is -1.49. The highest BCUT2D eigenvalue weighted by atomic mass is 35.5. The van der Waals surface area contributed by atoms with Gasteiger partial charge in [0.05, 0.1) is 19.8 Å². The molecule has 0 amide bonds. The van der Waals surface area contributed by atoms with Gasteiger partial charge in [-0.25, -0.2) is 4.79 Å². The lowest BCUT2D eigenvalue weighted by Gasteiger charge is -2.07. The summed E-state index contributed by atoms with van der Waals surface area (Å²) in [6, 6.07) is 1.32. The van der Waals surface area contributed by atoms with Crippen LogP contribution in [0.5, 0.6) is 5.88 Å². The molecule has 76 valence electrons. The van der Waals surface area contributed by atoms with Gasteiger partial charge in [0.1, 0.15) is 10.8 Å². The van der Waals surface area contributed by atoms with Crippen molar-refractivity contribution >= 4 is 23.3 Å². The van der Waals surface area contributed by atoms with Gasteiger partial charge in [-0.15, -0.1) is 0 Å². The maximum absolute atomic E-state index is 11.2. The number of nitrogen functional groups attached to an aromatic ring is 1. The number of carbonyl (C=O) groups excluding carboxylic acids is 1. The number of hydrogen-bond donors (Lipinski definition) is 1. The number of methoxy groups -OCH3 is 2. The fourth-order valence-electron chi connectivity index (χ4n) is 0.936. The topological polar surface area (TPSA) is 74.4 Å². The minimum absolute atomic E-state index is 0.109. The van der Waals surface area contributed by atoms with Crippen LogP contribution in [0.3, 0.4) is 0 Å². The van der Waals surface area contributed by atoms with Crippen LogP contribution in [0, 0.1) is 0 Å². The van der Waals surface area contributed by atoms with Gasteiger partial charge >= 0.3 is 5.97 Å². The molecule has 0 radical (unpaired) electrons. The summed E-state index contributed by atoms with van der Waals surface area (Å²) in [5.74, 6) is -0.469. The summed E-state index contributed by atoms with van der Waals surface area (Å²) < 4.78 is 9.34. The Kier molecular flexibility index (Phi) is 3.14. The first kappa shape index (κ1) is 10.6. The van der Waals surface area contributed by atoms with Crippen LogP contribution < -0.4 is 10.5 Å². The van der Waals surface area contributed by atoms with Crippen molar-refractivity contribution in [2.24, 2.45) is 0 Å². The van der Waals surface area contributed by atoms with Crippen molar-refractivity contribution in [1.82, 2.24) is 4.98 Å². The van der Waals surface area contributed by atoms with Gasteiger partial charge in [-0.3, -0.25) is 0 Å². The van der Waals surface area contributed by atoms with E-state index < -0.39 is 5.97 Å². The Morgan fingerprint density at radius 3 is 2.71 bits per heavy atom. The molecule has 2 N–H and O–H groups in total. The number of anilines is 1. The molecule has 1 rings (SSSR count). The number of nitrogens with two attached hydrogens (primary N) is 1. The Balaban J connectivity index is 3.29. The third-order valence-corrected chi connectivity index (χ3v) is 1.78. The molecule has 0 bridgehead atoms. The van der Waals surface area contributed by atoms with E-state index in [0.29, 0.717) is 0 Å². The zero-order valence-corrected chi connectivity index (χ0v) is 8.46. The molecule has 0 aliphatic carbocycles. The average molecular weight is 217 g/mol. The molecule has 0 atom stereocenters. The highest BCUT2D eigenvalue weighted by molar-refractivity contribution is 6.30. The van der Waals surface area contributed by atoms with Gasteiger partial charge in [-0.2, -0.15) is 4.98 Å². The molecule has 0 saturated heterocycles. The van der Waals surface area contributed by atoms with Crippen molar-refractivity contribution < 1.29 is 14.3 Å². The van der Waals surface area contributed by atoms with Crippen LogP contribution in [0.25, 0.3) is 0 Å². The fourth-order valence-corrected chi connectivity index (χ4v) is 1.12. The molecule has 0 unspecified atom stereocenters. The van der Waals surface area contributed by atoms with E-state index in [-0.39, 0.29) is 22.3 Å². The third kappa shape index (κ3) is 1.88. The highest BCUT2D eigenvalue weighted by Gasteiger charge is 2.16. The first-order valence-electron chi connectivity index (χ1n) is 3.68. The summed E-state index contributed by atoms with van der Waals surface area (Å²) in [5, 5.41) is 0.122. The zero-order valence-electron chi connectivity index (χ0n) is 7.70. The fraction of sp³-hybridized carbons (Fsp3) is 0.250. The lowest BCUT2D eigenvalue weighted by Crippen LogP contribution is -2.08. The number of halogens is 1. The van der Waals surface area contributed by atoms with E-state index in [0.717, 1.165) is 0 Å². The largest absolute Gasteiger partial charge is 0.479 e. The molecule has 0 aromatic carbocycles. The summed E-state index contributed by atoms with van der Waals surface area (Å²) in [7, 11) is 2.64. The Morgan fingerprint density at radius 2 is 2.21 bits per heavy atom. The van der Waals surface area contributed by atoms with Crippen molar-refractivity contribution in [1.29, 1.82) is 0 Å². The minimum atomic E-state index is -0.579. The van der Waals surface area contributed by atoms with Crippen molar-refractivity contribution in [3.05, 3.63) is 16.8 Å².